The number of ether oxygens (including phenoxy) is 2. The molecule has 0 aliphatic rings. The Bertz CT molecular complexity index is 824. The minimum absolute atomic E-state index is 0.138. The molecule has 2 rings (SSSR count). The first-order valence-electron chi connectivity index (χ1n) is 10.6. The highest BCUT2D eigenvalue weighted by Gasteiger charge is 2.28. The Morgan fingerprint density at radius 2 is 1.68 bits per heavy atom. The van der Waals surface area contributed by atoms with Gasteiger partial charge in [-0.2, -0.15) is 0 Å². The topological polar surface area (TPSA) is 67.9 Å². The van der Waals surface area contributed by atoms with Crippen LogP contribution in [0.4, 0.5) is 4.39 Å². The summed E-state index contributed by atoms with van der Waals surface area (Å²) in [7, 11) is 1.60. The van der Waals surface area contributed by atoms with Gasteiger partial charge in [0.25, 0.3) is 0 Å². The van der Waals surface area contributed by atoms with Crippen molar-refractivity contribution in [1.82, 2.24) is 10.2 Å². The van der Waals surface area contributed by atoms with Crippen LogP contribution in [0.25, 0.3) is 0 Å². The number of likely N-dealkylation sites (N-methyl/N-ethyl adjacent to an activating group) is 1. The number of carbonyl (C=O) groups excluding carboxylic acids is 2. The van der Waals surface area contributed by atoms with Crippen molar-refractivity contribution in [2.45, 2.75) is 45.7 Å². The predicted octanol–water partition coefficient (Wildman–Crippen LogP) is 3.94. The molecular formula is C24H31FN2O4. The molecule has 6 nitrogen and oxygen atoms in total. The third-order valence-corrected chi connectivity index (χ3v) is 4.87. The molecule has 0 unspecified atom stereocenters. The first-order chi connectivity index (χ1) is 15.0. The summed E-state index contributed by atoms with van der Waals surface area (Å²) in [5, 5.41) is 2.80. The van der Waals surface area contributed by atoms with Gasteiger partial charge < -0.3 is 19.7 Å². The van der Waals surface area contributed by atoms with Gasteiger partial charge in [0, 0.05) is 19.5 Å². The van der Waals surface area contributed by atoms with E-state index in [1.165, 1.54) is 12.1 Å². The molecule has 0 bridgehead atoms. The van der Waals surface area contributed by atoms with E-state index < -0.39 is 6.04 Å². The molecule has 2 aromatic carbocycles. The van der Waals surface area contributed by atoms with Gasteiger partial charge in [-0.1, -0.05) is 19.1 Å². The van der Waals surface area contributed by atoms with Crippen LogP contribution >= 0.6 is 0 Å². The number of amides is 2. The summed E-state index contributed by atoms with van der Waals surface area (Å²) in [6.07, 6.45) is 1.24. The highest BCUT2D eigenvalue weighted by atomic mass is 19.1. The van der Waals surface area contributed by atoms with Gasteiger partial charge in [0.1, 0.15) is 23.4 Å². The molecule has 0 spiro atoms. The molecule has 2 amide bonds. The van der Waals surface area contributed by atoms with Gasteiger partial charge in [-0.25, -0.2) is 4.39 Å². The number of methoxy groups -OCH3 is 1. The number of carbonyl (C=O) groups is 2. The molecule has 0 aliphatic carbocycles. The Labute approximate surface area is 183 Å². The zero-order valence-electron chi connectivity index (χ0n) is 18.4. The average molecular weight is 431 g/mol. The van der Waals surface area contributed by atoms with Gasteiger partial charge >= 0.3 is 0 Å². The minimum atomic E-state index is -0.583. The molecule has 0 saturated heterocycles. The number of hydrogen-bond acceptors (Lipinski definition) is 4. The normalized spacial score (nSPS) is 11.5. The fourth-order valence-electron chi connectivity index (χ4n) is 3.23. The molecule has 31 heavy (non-hydrogen) atoms. The van der Waals surface area contributed by atoms with Crippen LogP contribution < -0.4 is 14.8 Å². The van der Waals surface area contributed by atoms with Crippen LogP contribution in [-0.2, 0) is 16.1 Å². The van der Waals surface area contributed by atoms with E-state index in [0.717, 1.165) is 11.3 Å². The van der Waals surface area contributed by atoms with Gasteiger partial charge in [0.15, 0.2) is 0 Å². The number of nitrogens with one attached hydrogen (secondary N) is 1. The van der Waals surface area contributed by atoms with Crippen molar-refractivity contribution in [3.8, 4) is 11.5 Å². The van der Waals surface area contributed by atoms with E-state index in [-0.39, 0.29) is 30.6 Å². The Kier molecular flexibility index (Phi) is 9.81. The zero-order valence-corrected chi connectivity index (χ0v) is 18.4. The van der Waals surface area contributed by atoms with E-state index in [1.54, 1.807) is 24.1 Å². The SMILES string of the molecule is CCNC(=O)[C@H](CC)N(Cc1ccc(F)cc1)C(=O)CCCOc1ccc(OC)cc1. The second-order valence-electron chi connectivity index (χ2n) is 7.09. The highest BCUT2D eigenvalue weighted by molar-refractivity contribution is 5.87. The molecule has 0 aromatic heterocycles. The highest BCUT2D eigenvalue weighted by Crippen LogP contribution is 2.18. The molecule has 168 valence electrons. The quantitative estimate of drug-likeness (QED) is 0.518. The Hall–Kier alpha value is -3.09. The lowest BCUT2D eigenvalue weighted by molar-refractivity contribution is -0.141. The van der Waals surface area contributed by atoms with Gasteiger partial charge in [-0.15, -0.1) is 0 Å². The number of halogens is 1. The van der Waals surface area contributed by atoms with Gasteiger partial charge in [0.2, 0.25) is 11.8 Å². The average Bonchev–Trinajstić information content (AvgIpc) is 2.78. The lowest BCUT2D eigenvalue weighted by Gasteiger charge is -2.30. The van der Waals surface area contributed by atoms with Crippen molar-refractivity contribution >= 4 is 11.8 Å². The Morgan fingerprint density at radius 3 is 2.26 bits per heavy atom. The summed E-state index contributed by atoms with van der Waals surface area (Å²) in [5.74, 6) is 0.781. The lowest BCUT2D eigenvalue weighted by atomic mass is 10.1. The number of nitrogens with zero attached hydrogens (tertiary/aromatic N) is 1. The summed E-state index contributed by atoms with van der Waals surface area (Å²) in [4.78, 5) is 27.1. The number of rotatable bonds is 12. The van der Waals surface area contributed by atoms with Crippen molar-refractivity contribution in [2.24, 2.45) is 0 Å². The van der Waals surface area contributed by atoms with Crippen molar-refractivity contribution < 1.29 is 23.5 Å². The van der Waals surface area contributed by atoms with Crippen molar-refractivity contribution in [1.29, 1.82) is 0 Å². The smallest absolute Gasteiger partial charge is 0.242 e. The van der Waals surface area contributed by atoms with Crippen LogP contribution in [0.15, 0.2) is 48.5 Å². The van der Waals surface area contributed by atoms with Crippen LogP contribution in [-0.4, -0.2) is 43.0 Å². The molecule has 0 radical (unpaired) electrons. The second-order valence-corrected chi connectivity index (χ2v) is 7.09. The number of hydrogen-bond donors (Lipinski definition) is 1. The molecular weight excluding hydrogens is 399 g/mol. The fourth-order valence-corrected chi connectivity index (χ4v) is 3.23. The predicted molar refractivity (Wildman–Crippen MR) is 117 cm³/mol. The largest absolute Gasteiger partial charge is 0.497 e. The van der Waals surface area contributed by atoms with E-state index in [9.17, 15) is 14.0 Å². The maximum absolute atomic E-state index is 13.3. The summed E-state index contributed by atoms with van der Waals surface area (Å²) >= 11 is 0. The minimum Gasteiger partial charge on any atom is -0.497 e. The van der Waals surface area contributed by atoms with Crippen LogP contribution in [0.5, 0.6) is 11.5 Å². The van der Waals surface area contributed by atoms with Crippen molar-refractivity contribution in [2.75, 3.05) is 20.3 Å². The van der Waals surface area contributed by atoms with E-state index in [1.807, 2.05) is 38.1 Å². The molecule has 0 aliphatic heterocycles. The first kappa shape index (κ1) is 24.2. The summed E-state index contributed by atoms with van der Waals surface area (Å²) in [6.45, 7) is 4.82. The third-order valence-electron chi connectivity index (χ3n) is 4.87. The van der Waals surface area contributed by atoms with Crippen LogP contribution in [0, 0.1) is 5.82 Å². The fraction of sp³-hybridized carbons (Fsp3) is 0.417. The maximum Gasteiger partial charge on any atom is 0.242 e. The maximum atomic E-state index is 13.3. The molecule has 1 atom stereocenters. The third kappa shape index (κ3) is 7.59. The van der Waals surface area contributed by atoms with E-state index in [4.69, 9.17) is 9.47 Å². The van der Waals surface area contributed by atoms with E-state index in [0.29, 0.717) is 31.7 Å². The molecule has 0 fully saturated rings. The molecule has 0 heterocycles. The first-order valence-corrected chi connectivity index (χ1v) is 10.6. The van der Waals surface area contributed by atoms with Crippen LogP contribution in [0.2, 0.25) is 0 Å². The second kappa shape index (κ2) is 12.6. The zero-order chi connectivity index (χ0) is 22.6. The number of benzene rings is 2. The molecule has 7 heteroatoms. The summed E-state index contributed by atoms with van der Waals surface area (Å²) in [6, 6.07) is 12.6. The van der Waals surface area contributed by atoms with Gasteiger partial charge in [0.05, 0.1) is 13.7 Å². The summed E-state index contributed by atoms with van der Waals surface area (Å²) < 4.78 is 24.1. The van der Waals surface area contributed by atoms with E-state index >= 15 is 0 Å². The lowest BCUT2D eigenvalue weighted by Crippen LogP contribution is -2.49. The van der Waals surface area contributed by atoms with Crippen LogP contribution in [0.1, 0.15) is 38.7 Å². The Morgan fingerprint density at radius 1 is 1.03 bits per heavy atom. The van der Waals surface area contributed by atoms with Gasteiger partial charge in [-0.05, 0) is 61.7 Å². The molecule has 1 N–H and O–H groups in total. The van der Waals surface area contributed by atoms with Crippen molar-refractivity contribution in [3.05, 3.63) is 59.9 Å². The molecule has 0 saturated carbocycles. The Balaban J connectivity index is 2.00. The standard InChI is InChI=1S/C24H31FN2O4/c1-4-22(24(29)26-5-2)27(17-18-8-10-19(25)11-9-18)23(28)7-6-16-31-21-14-12-20(30-3)13-15-21/h8-15,22H,4-7,16-17H2,1-3H3,(H,26,29)/t22-/m0/s1. The molecule has 2 aromatic rings. The van der Waals surface area contributed by atoms with Crippen LogP contribution in [0.3, 0.4) is 0 Å². The van der Waals surface area contributed by atoms with Gasteiger partial charge in [-0.3, -0.25) is 9.59 Å². The van der Waals surface area contributed by atoms with E-state index in [2.05, 4.69) is 5.32 Å². The monoisotopic (exact) mass is 430 g/mol. The van der Waals surface area contributed by atoms with Crippen molar-refractivity contribution in [3.63, 3.8) is 0 Å². The summed E-state index contributed by atoms with van der Waals surface area (Å²) in [5.41, 5.74) is 0.770.